The molecule has 0 atom stereocenters. The molecule has 0 spiro atoms. The SMILES string of the molecule is c1ccc(-c2ccc(-c3nc(-c4ccccc4)nc4sc5ccc6ccccc6c5c34)cc2)cc1. The highest BCUT2D eigenvalue weighted by atomic mass is 32.1. The molecular weight excluding hydrogens is 444 g/mol. The van der Waals surface area contributed by atoms with Crippen LogP contribution in [0.3, 0.4) is 0 Å². The Morgan fingerprint density at radius 3 is 1.86 bits per heavy atom. The van der Waals surface area contributed by atoms with E-state index in [1.165, 1.54) is 32.0 Å². The van der Waals surface area contributed by atoms with Gasteiger partial charge in [-0.15, -0.1) is 11.3 Å². The van der Waals surface area contributed by atoms with E-state index in [0.29, 0.717) is 0 Å². The maximum Gasteiger partial charge on any atom is 0.161 e. The second-order valence-corrected chi connectivity index (χ2v) is 9.68. The fraction of sp³-hybridized carbons (Fsp3) is 0. The molecule has 164 valence electrons. The number of benzene rings is 5. The van der Waals surface area contributed by atoms with E-state index < -0.39 is 0 Å². The third kappa shape index (κ3) is 3.40. The summed E-state index contributed by atoms with van der Waals surface area (Å²) in [5.41, 5.74) is 5.52. The topological polar surface area (TPSA) is 25.8 Å². The third-order valence-electron chi connectivity index (χ3n) is 6.52. The lowest BCUT2D eigenvalue weighted by Crippen LogP contribution is -1.93. The Labute approximate surface area is 207 Å². The van der Waals surface area contributed by atoms with Crippen LogP contribution in [-0.2, 0) is 0 Å². The summed E-state index contributed by atoms with van der Waals surface area (Å²) >= 11 is 1.74. The quantitative estimate of drug-likeness (QED) is 0.261. The maximum atomic E-state index is 5.17. The van der Waals surface area contributed by atoms with Gasteiger partial charge < -0.3 is 0 Å². The van der Waals surface area contributed by atoms with Gasteiger partial charge in [-0.25, -0.2) is 9.97 Å². The molecule has 0 saturated carbocycles. The van der Waals surface area contributed by atoms with Gasteiger partial charge in [0, 0.05) is 26.6 Å². The van der Waals surface area contributed by atoms with Gasteiger partial charge in [0.05, 0.1) is 5.69 Å². The molecule has 2 aromatic heterocycles. The van der Waals surface area contributed by atoms with Gasteiger partial charge in [0.15, 0.2) is 5.82 Å². The zero-order valence-electron chi connectivity index (χ0n) is 18.8. The number of hydrogen-bond acceptors (Lipinski definition) is 3. The molecule has 0 N–H and O–H groups in total. The van der Waals surface area contributed by atoms with Gasteiger partial charge in [-0.3, -0.25) is 0 Å². The second kappa shape index (κ2) is 8.15. The van der Waals surface area contributed by atoms with Crippen LogP contribution in [-0.4, -0.2) is 9.97 Å². The zero-order valence-corrected chi connectivity index (χ0v) is 19.7. The van der Waals surface area contributed by atoms with Gasteiger partial charge in [0.2, 0.25) is 0 Å². The average Bonchev–Trinajstić information content (AvgIpc) is 3.33. The summed E-state index contributed by atoms with van der Waals surface area (Å²) in [7, 11) is 0. The summed E-state index contributed by atoms with van der Waals surface area (Å²) < 4.78 is 1.24. The van der Waals surface area contributed by atoms with Crippen molar-refractivity contribution in [3.8, 4) is 33.8 Å². The summed E-state index contributed by atoms with van der Waals surface area (Å²) in [6, 6.07) is 42.5. The molecule has 0 saturated heterocycles. The molecule has 7 rings (SSSR count). The number of thiophene rings is 1. The van der Waals surface area contributed by atoms with E-state index in [4.69, 9.17) is 9.97 Å². The van der Waals surface area contributed by atoms with Crippen molar-refractivity contribution in [2.24, 2.45) is 0 Å². The van der Waals surface area contributed by atoms with Crippen LogP contribution in [0.1, 0.15) is 0 Å². The van der Waals surface area contributed by atoms with Crippen LogP contribution in [0.25, 0.3) is 64.8 Å². The van der Waals surface area contributed by atoms with Crippen LogP contribution in [0.2, 0.25) is 0 Å². The van der Waals surface area contributed by atoms with Gasteiger partial charge in [-0.1, -0.05) is 115 Å². The van der Waals surface area contributed by atoms with Crippen LogP contribution >= 0.6 is 11.3 Å². The number of fused-ring (bicyclic) bond motifs is 5. The van der Waals surface area contributed by atoms with Crippen LogP contribution in [0.15, 0.2) is 121 Å². The molecule has 0 radical (unpaired) electrons. The van der Waals surface area contributed by atoms with E-state index in [-0.39, 0.29) is 0 Å². The number of nitrogens with zero attached hydrogens (tertiary/aromatic N) is 2. The third-order valence-corrected chi connectivity index (χ3v) is 7.57. The maximum absolute atomic E-state index is 5.17. The largest absolute Gasteiger partial charge is 0.227 e. The van der Waals surface area contributed by atoms with Crippen molar-refractivity contribution >= 4 is 42.4 Å². The van der Waals surface area contributed by atoms with Crippen LogP contribution in [0, 0.1) is 0 Å². The van der Waals surface area contributed by atoms with E-state index in [9.17, 15) is 0 Å². The smallest absolute Gasteiger partial charge is 0.161 e. The van der Waals surface area contributed by atoms with E-state index in [1.807, 2.05) is 24.3 Å². The van der Waals surface area contributed by atoms with Gasteiger partial charge in [0.1, 0.15) is 4.83 Å². The Morgan fingerprint density at radius 1 is 0.457 bits per heavy atom. The lowest BCUT2D eigenvalue weighted by molar-refractivity contribution is 1.24. The average molecular weight is 465 g/mol. The molecule has 2 heterocycles. The predicted octanol–water partition coefficient (Wildman–Crippen LogP) is 9.00. The summed E-state index contributed by atoms with van der Waals surface area (Å²) in [5, 5.41) is 4.85. The fourth-order valence-electron chi connectivity index (χ4n) is 4.81. The van der Waals surface area contributed by atoms with Crippen molar-refractivity contribution in [3.63, 3.8) is 0 Å². The van der Waals surface area contributed by atoms with Crippen molar-refractivity contribution in [3.05, 3.63) is 121 Å². The number of aromatic nitrogens is 2. The minimum absolute atomic E-state index is 0.760. The highest BCUT2D eigenvalue weighted by Gasteiger charge is 2.18. The van der Waals surface area contributed by atoms with Crippen molar-refractivity contribution in [2.45, 2.75) is 0 Å². The molecule has 0 unspecified atom stereocenters. The summed E-state index contributed by atoms with van der Waals surface area (Å²) in [6.07, 6.45) is 0. The van der Waals surface area contributed by atoms with Gasteiger partial charge in [-0.2, -0.15) is 0 Å². The first-order valence-corrected chi connectivity index (χ1v) is 12.5. The Balaban J connectivity index is 1.53. The monoisotopic (exact) mass is 464 g/mol. The van der Waals surface area contributed by atoms with Crippen molar-refractivity contribution in [1.29, 1.82) is 0 Å². The van der Waals surface area contributed by atoms with E-state index in [0.717, 1.165) is 32.9 Å². The lowest BCUT2D eigenvalue weighted by Gasteiger charge is -2.09. The van der Waals surface area contributed by atoms with E-state index in [1.54, 1.807) is 11.3 Å². The highest BCUT2D eigenvalue weighted by Crippen LogP contribution is 2.42. The van der Waals surface area contributed by atoms with Crippen molar-refractivity contribution < 1.29 is 0 Å². The predicted molar refractivity (Wildman–Crippen MR) is 149 cm³/mol. The molecule has 0 amide bonds. The molecular formula is C32H20N2S. The van der Waals surface area contributed by atoms with Crippen LogP contribution in [0.5, 0.6) is 0 Å². The minimum atomic E-state index is 0.760. The molecule has 2 nitrogen and oxygen atoms in total. The minimum Gasteiger partial charge on any atom is -0.227 e. The molecule has 35 heavy (non-hydrogen) atoms. The lowest BCUT2D eigenvalue weighted by atomic mass is 9.99. The molecule has 7 aromatic rings. The molecule has 3 heteroatoms. The Bertz CT molecular complexity index is 1820. The molecule has 0 bridgehead atoms. The van der Waals surface area contributed by atoms with Crippen molar-refractivity contribution in [2.75, 3.05) is 0 Å². The summed E-state index contributed by atoms with van der Waals surface area (Å²) in [5.74, 6) is 0.760. The summed E-state index contributed by atoms with van der Waals surface area (Å²) in [6.45, 7) is 0. The molecule has 0 aliphatic carbocycles. The Kier molecular flexibility index (Phi) is 4.68. The highest BCUT2D eigenvalue weighted by molar-refractivity contribution is 7.25. The Hall–Kier alpha value is -4.34. The molecule has 5 aromatic carbocycles. The van der Waals surface area contributed by atoms with E-state index in [2.05, 4.69) is 97.1 Å². The Morgan fingerprint density at radius 2 is 1.09 bits per heavy atom. The van der Waals surface area contributed by atoms with Gasteiger partial charge >= 0.3 is 0 Å². The zero-order chi connectivity index (χ0) is 23.2. The first kappa shape index (κ1) is 20.1. The standard InChI is InChI=1S/C32H20N2S/c1-3-9-21(10-4-1)22-15-17-24(18-16-22)30-29-28-26-14-8-7-11-23(26)19-20-27(28)35-32(29)34-31(33-30)25-12-5-2-6-13-25/h1-20H. The first-order valence-electron chi connectivity index (χ1n) is 11.7. The van der Waals surface area contributed by atoms with E-state index >= 15 is 0 Å². The van der Waals surface area contributed by atoms with Gasteiger partial charge in [-0.05, 0) is 28.0 Å². The molecule has 0 aliphatic heterocycles. The summed E-state index contributed by atoms with van der Waals surface area (Å²) in [4.78, 5) is 11.2. The number of rotatable bonds is 3. The second-order valence-electron chi connectivity index (χ2n) is 8.65. The molecule has 0 fully saturated rings. The van der Waals surface area contributed by atoms with Gasteiger partial charge in [0.25, 0.3) is 0 Å². The van der Waals surface area contributed by atoms with Crippen LogP contribution in [0.4, 0.5) is 0 Å². The number of hydrogen-bond donors (Lipinski definition) is 0. The normalized spacial score (nSPS) is 11.4. The molecule has 0 aliphatic rings. The fourth-order valence-corrected chi connectivity index (χ4v) is 5.91. The van der Waals surface area contributed by atoms with Crippen LogP contribution < -0.4 is 0 Å². The first-order chi connectivity index (χ1) is 17.3. The van der Waals surface area contributed by atoms with Crippen molar-refractivity contribution in [1.82, 2.24) is 9.97 Å².